The van der Waals surface area contributed by atoms with Crippen molar-refractivity contribution in [3.05, 3.63) is 0 Å². The summed E-state index contributed by atoms with van der Waals surface area (Å²) in [6, 6.07) is 0. The second-order valence-corrected chi connectivity index (χ2v) is 17.6. The number of hydrogen-bond acceptors (Lipinski definition) is 4. The largest absolute Gasteiger partial charge is 0.379 e. The molecule has 2 atom stereocenters. The lowest BCUT2D eigenvalue weighted by Gasteiger charge is -2.30. The first-order valence-electron chi connectivity index (χ1n) is 24.4. The van der Waals surface area contributed by atoms with Gasteiger partial charge in [-0.1, -0.05) is 213 Å². The average Bonchev–Trinajstić information content (AvgIpc) is 3.18. The molecule has 2 aliphatic rings. The third-order valence-corrected chi connectivity index (χ3v) is 13.1. The van der Waals surface area contributed by atoms with Crippen molar-refractivity contribution in [3.63, 3.8) is 0 Å². The Labute approximate surface area is 328 Å². The molecule has 0 amide bonds. The molecule has 0 aromatic rings. The van der Waals surface area contributed by atoms with Crippen molar-refractivity contribution in [1.82, 2.24) is 9.80 Å². The Bertz CT molecular complexity index is 684. The number of rotatable bonds is 38. The zero-order chi connectivity index (χ0) is 37.0. The lowest BCUT2D eigenvalue weighted by molar-refractivity contribution is 0.0297. The number of unbranched alkanes of at least 4 members (excludes halogenated alkanes) is 21. The lowest BCUT2D eigenvalue weighted by Crippen LogP contribution is -2.39. The highest BCUT2D eigenvalue weighted by Gasteiger charge is 2.21. The Balaban J connectivity index is 1.81. The number of ether oxygens (including phenoxy) is 2. The van der Waals surface area contributed by atoms with Crippen LogP contribution in [0.5, 0.6) is 0 Å². The maximum Gasteiger partial charge on any atom is 0.0594 e. The van der Waals surface area contributed by atoms with Crippen LogP contribution in [0, 0.1) is 17.8 Å². The molecule has 0 saturated carbocycles. The fourth-order valence-electron chi connectivity index (χ4n) is 9.33. The van der Waals surface area contributed by atoms with Crippen molar-refractivity contribution in [2.75, 3.05) is 65.7 Å². The summed E-state index contributed by atoms with van der Waals surface area (Å²) in [4.78, 5) is 5.31. The van der Waals surface area contributed by atoms with Crippen LogP contribution in [0.15, 0.2) is 0 Å². The van der Waals surface area contributed by atoms with E-state index < -0.39 is 0 Å². The van der Waals surface area contributed by atoms with E-state index in [9.17, 15) is 0 Å². The first-order valence-corrected chi connectivity index (χ1v) is 24.4. The normalized spacial score (nSPS) is 17.3. The molecule has 52 heavy (non-hydrogen) atoms. The van der Waals surface area contributed by atoms with Crippen LogP contribution in [0.3, 0.4) is 0 Å². The average molecular weight is 733 g/mol. The summed E-state index contributed by atoms with van der Waals surface area (Å²) in [5, 5.41) is 0. The van der Waals surface area contributed by atoms with E-state index in [0.29, 0.717) is 0 Å². The highest BCUT2D eigenvalue weighted by molar-refractivity contribution is 4.73. The molecule has 2 heterocycles. The van der Waals surface area contributed by atoms with E-state index >= 15 is 0 Å². The molecule has 0 N–H and O–H groups in total. The Hall–Kier alpha value is -0.160. The van der Waals surface area contributed by atoms with E-state index in [1.165, 1.54) is 219 Å². The second-order valence-electron chi connectivity index (χ2n) is 17.6. The summed E-state index contributed by atoms with van der Waals surface area (Å²) >= 11 is 0. The minimum Gasteiger partial charge on any atom is -0.379 e. The fraction of sp³-hybridized carbons (Fsp3) is 1.00. The van der Waals surface area contributed by atoms with Crippen LogP contribution in [0.4, 0.5) is 0 Å². The van der Waals surface area contributed by atoms with Crippen LogP contribution < -0.4 is 0 Å². The molecular weight excluding hydrogens is 637 g/mol. The van der Waals surface area contributed by atoms with Gasteiger partial charge in [0, 0.05) is 26.2 Å². The molecule has 2 fully saturated rings. The molecule has 2 rings (SSSR count). The van der Waals surface area contributed by atoms with E-state index in [1.807, 2.05) is 0 Å². The first-order chi connectivity index (χ1) is 25.8. The summed E-state index contributed by atoms with van der Waals surface area (Å²) < 4.78 is 11.2. The van der Waals surface area contributed by atoms with Crippen LogP contribution in [-0.4, -0.2) is 75.5 Å². The van der Waals surface area contributed by atoms with Gasteiger partial charge in [-0.05, 0) is 43.7 Å². The molecule has 0 radical (unpaired) electrons. The second kappa shape index (κ2) is 36.5. The molecule has 2 unspecified atom stereocenters. The van der Waals surface area contributed by atoms with Gasteiger partial charge in [0.15, 0.2) is 0 Å². The van der Waals surface area contributed by atoms with Gasteiger partial charge in [-0.15, -0.1) is 0 Å². The van der Waals surface area contributed by atoms with Gasteiger partial charge in [0.05, 0.1) is 26.4 Å². The van der Waals surface area contributed by atoms with Gasteiger partial charge in [-0.25, -0.2) is 0 Å². The van der Waals surface area contributed by atoms with Crippen LogP contribution in [0.25, 0.3) is 0 Å². The molecule has 310 valence electrons. The van der Waals surface area contributed by atoms with E-state index in [1.54, 1.807) is 0 Å². The van der Waals surface area contributed by atoms with Crippen molar-refractivity contribution in [2.24, 2.45) is 17.8 Å². The SMILES string of the molecule is CCCCCCCCCC(CCCCCCCC)C(CCCCCCCCC)CCCCCCCC(CCN1CCOCC1)CCN1CCOCC1. The molecule has 0 aromatic carbocycles. The minimum absolute atomic E-state index is 0.881. The lowest BCUT2D eigenvalue weighted by atomic mass is 9.78. The van der Waals surface area contributed by atoms with Crippen LogP contribution in [-0.2, 0) is 9.47 Å². The predicted octanol–water partition coefficient (Wildman–Crippen LogP) is 14.0. The summed E-state index contributed by atoms with van der Waals surface area (Å²) in [7, 11) is 0. The topological polar surface area (TPSA) is 24.9 Å². The highest BCUT2D eigenvalue weighted by atomic mass is 16.5. The summed E-state index contributed by atoms with van der Waals surface area (Å²) in [5.41, 5.74) is 0. The molecule has 0 aromatic heterocycles. The quantitative estimate of drug-likeness (QED) is 0.0590. The highest BCUT2D eigenvalue weighted by Crippen LogP contribution is 2.34. The molecular formula is C48H96N2O2. The molecule has 4 nitrogen and oxygen atoms in total. The summed E-state index contributed by atoms with van der Waals surface area (Å²) in [5.74, 6) is 2.88. The van der Waals surface area contributed by atoms with Crippen LogP contribution in [0.2, 0.25) is 0 Å². The van der Waals surface area contributed by atoms with Crippen molar-refractivity contribution >= 4 is 0 Å². The maximum absolute atomic E-state index is 5.62. The minimum atomic E-state index is 0.881. The molecule has 0 spiro atoms. The summed E-state index contributed by atoms with van der Waals surface area (Å²) in [6.07, 6.45) is 46.7. The monoisotopic (exact) mass is 733 g/mol. The standard InChI is InChI=1S/C48H96N2O2/c1-4-7-10-13-16-21-26-31-47(30-25-20-15-12-9-6-3)48(32-27-22-17-14-11-8-5-2)33-28-23-18-19-24-29-46(34-36-49-38-42-51-43-39-49)35-37-50-40-44-52-45-41-50/h46-48H,4-45H2,1-3H3. The predicted molar refractivity (Wildman–Crippen MR) is 230 cm³/mol. The van der Waals surface area contributed by atoms with E-state index in [0.717, 1.165) is 70.4 Å². The third-order valence-electron chi connectivity index (χ3n) is 13.1. The third kappa shape index (κ3) is 27.4. The Kier molecular flexibility index (Phi) is 33.7. The summed E-state index contributed by atoms with van der Waals surface area (Å²) in [6.45, 7) is 17.8. The van der Waals surface area contributed by atoms with E-state index in [-0.39, 0.29) is 0 Å². The molecule has 0 aliphatic carbocycles. The molecule has 0 bridgehead atoms. The maximum atomic E-state index is 5.62. The van der Waals surface area contributed by atoms with Gasteiger partial charge in [0.25, 0.3) is 0 Å². The van der Waals surface area contributed by atoms with Crippen LogP contribution in [0.1, 0.15) is 226 Å². The number of nitrogens with zero attached hydrogens (tertiary/aromatic N) is 2. The fourth-order valence-corrected chi connectivity index (χ4v) is 9.33. The van der Waals surface area contributed by atoms with Gasteiger partial charge in [0.2, 0.25) is 0 Å². The van der Waals surface area contributed by atoms with Gasteiger partial charge < -0.3 is 9.47 Å². The molecule has 2 saturated heterocycles. The Morgan fingerprint density at radius 2 is 0.596 bits per heavy atom. The van der Waals surface area contributed by atoms with E-state index in [2.05, 4.69) is 30.6 Å². The van der Waals surface area contributed by atoms with Crippen molar-refractivity contribution < 1.29 is 9.47 Å². The van der Waals surface area contributed by atoms with Gasteiger partial charge in [-0.2, -0.15) is 0 Å². The van der Waals surface area contributed by atoms with E-state index in [4.69, 9.17) is 9.47 Å². The Morgan fingerprint density at radius 3 is 0.904 bits per heavy atom. The Morgan fingerprint density at radius 1 is 0.327 bits per heavy atom. The zero-order valence-corrected chi connectivity index (χ0v) is 36.1. The van der Waals surface area contributed by atoms with Crippen molar-refractivity contribution in [2.45, 2.75) is 226 Å². The van der Waals surface area contributed by atoms with Crippen LogP contribution >= 0.6 is 0 Å². The number of hydrogen-bond donors (Lipinski definition) is 0. The smallest absolute Gasteiger partial charge is 0.0594 e. The van der Waals surface area contributed by atoms with Gasteiger partial charge in [0.1, 0.15) is 0 Å². The van der Waals surface area contributed by atoms with Crippen molar-refractivity contribution in [1.29, 1.82) is 0 Å². The van der Waals surface area contributed by atoms with Gasteiger partial charge >= 0.3 is 0 Å². The van der Waals surface area contributed by atoms with Gasteiger partial charge in [-0.3, -0.25) is 9.80 Å². The molecule has 2 aliphatic heterocycles. The number of morpholine rings is 2. The molecule has 4 heteroatoms. The zero-order valence-electron chi connectivity index (χ0n) is 36.1. The van der Waals surface area contributed by atoms with Crippen molar-refractivity contribution in [3.8, 4) is 0 Å². The first kappa shape index (κ1) is 48.0.